The van der Waals surface area contributed by atoms with Crippen LogP contribution in [-0.2, 0) is 0 Å². The van der Waals surface area contributed by atoms with Gasteiger partial charge in [0, 0.05) is 0 Å². The molecule has 0 saturated heterocycles. The van der Waals surface area contributed by atoms with E-state index in [0.717, 1.165) is 6.42 Å². The summed E-state index contributed by atoms with van der Waals surface area (Å²) in [5.41, 5.74) is 1.22. The Kier molecular flexibility index (Phi) is 25.7. The monoisotopic (exact) mass is 142 g/mol. The first-order valence-electron chi connectivity index (χ1n) is 3.53. The van der Waals surface area contributed by atoms with Crippen LogP contribution in [0.2, 0.25) is 0 Å². The van der Waals surface area contributed by atoms with Crippen molar-refractivity contribution in [1.82, 2.24) is 0 Å². The van der Waals surface area contributed by atoms with Crippen molar-refractivity contribution in [3.63, 3.8) is 0 Å². The molecule has 0 saturated carbocycles. The first kappa shape index (κ1) is 16.2. The van der Waals surface area contributed by atoms with Gasteiger partial charge >= 0.3 is 0 Å². The van der Waals surface area contributed by atoms with Gasteiger partial charge in [0.15, 0.2) is 0 Å². The van der Waals surface area contributed by atoms with Crippen molar-refractivity contribution in [2.45, 2.75) is 41.5 Å². The first-order valence-corrected chi connectivity index (χ1v) is 3.53. The second-order valence-corrected chi connectivity index (χ2v) is 1.73. The largest absolute Gasteiger partial charge is 0.0998 e. The van der Waals surface area contributed by atoms with Crippen molar-refractivity contribution in [2.75, 3.05) is 0 Å². The zero-order valence-corrected chi connectivity index (χ0v) is 7.07. The predicted molar refractivity (Wildman–Crippen MR) is 52.3 cm³/mol. The van der Waals surface area contributed by atoms with Crippen LogP contribution < -0.4 is 0 Å². The zero-order chi connectivity index (χ0) is 7.70. The van der Waals surface area contributed by atoms with Crippen LogP contribution in [0.1, 0.15) is 41.5 Å². The molecule has 0 heterocycles. The lowest BCUT2D eigenvalue weighted by Gasteiger charge is -1.84. The molecule has 0 aromatic rings. The lowest BCUT2D eigenvalue weighted by Crippen LogP contribution is -1.63. The minimum absolute atomic E-state index is 0. The Morgan fingerprint density at radius 2 is 1.80 bits per heavy atom. The molecule has 0 amide bonds. The Morgan fingerprint density at radius 3 is 1.90 bits per heavy atom. The highest BCUT2D eigenvalue weighted by Crippen LogP contribution is 1.94. The number of rotatable bonds is 2. The fourth-order valence-corrected chi connectivity index (χ4v) is 0.319. The third-order valence-corrected chi connectivity index (χ3v) is 0.702. The SMILES string of the molecule is C.C=C(C)C/C=C\C.CC. The summed E-state index contributed by atoms with van der Waals surface area (Å²) in [5.74, 6) is 0. The van der Waals surface area contributed by atoms with Gasteiger partial charge in [-0.05, 0) is 20.3 Å². The molecular weight excluding hydrogens is 120 g/mol. The topological polar surface area (TPSA) is 0 Å². The van der Waals surface area contributed by atoms with E-state index in [4.69, 9.17) is 0 Å². The minimum atomic E-state index is 0. The summed E-state index contributed by atoms with van der Waals surface area (Å²) in [7, 11) is 0. The van der Waals surface area contributed by atoms with E-state index in [0.29, 0.717) is 0 Å². The molecule has 62 valence electrons. The second kappa shape index (κ2) is 15.8. The summed E-state index contributed by atoms with van der Waals surface area (Å²) in [6, 6.07) is 0. The molecule has 0 aromatic carbocycles. The molecular formula is C10H22. The summed E-state index contributed by atoms with van der Waals surface area (Å²) in [6.45, 7) is 11.8. The lowest BCUT2D eigenvalue weighted by atomic mass is 10.2. The molecule has 0 unspecified atom stereocenters. The van der Waals surface area contributed by atoms with E-state index >= 15 is 0 Å². The molecule has 0 atom stereocenters. The van der Waals surface area contributed by atoms with Crippen LogP contribution >= 0.6 is 0 Å². The van der Waals surface area contributed by atoms with Crippen molar-refractivity contribution < 1.29 is 0 Å². The van der Waals surface area contributed by atoms with Gasteiger partial charge in [-0.2, -0.15) is 0 Å². The molecule has 0 bridgehead atoms. The maximum absolute atomic E-state index is 3.74. The van der Waals surface area contributed by atoms with Gasteiger partial charge in [-0.3, -0.25) is 0 Å². The fourth-order valence-electron chi connectivity index (χ4n) is 0.319. The van der Waals surface area contributed by atoms with E-state index in [9.17, 15) is 0 Å². The highest BCUT2D eigenvalue weighted by molar-refractivity contribution is 4.97. The highest BCUT2D eigenvalue weighted by Gasteiger charge is 1.73. The quantitative estimate of drug-likeness (QED) is 0.507. The van der Waals surface area contributed by atoms with Crippen LogP contribution in [0, 0.1) is 0 Å². The van der Waals surface area contributed by atoms with Gasteiger partial charge in [0.25, 0.3) is 0 Å². The molecule has 0 aliphatic carbocycles. The molecule has 0 fully saturated rings. The summed E-state index contributed by atoms with van der Waals surface area (Å²) < 4.78 is 0. The van der Waals surface area contributed by atoms with Crippen molar-refractivity contribution >= 4 is 0 Å². The van der Waals surface area contributed by atoms with Crippen molar-refractivity contribution in [3.05, 3.63) is 24.3 Å². The summed E-state index contributed by atoms with van der Waals surface area (Å²) in [4.78, 5) is 0. The smallest absolute Gasteiger partial charge is 0.0144 e. The second-order valence-electron chi connectivity index (χ2n) is 1.73. The summed E-state index contributed by atoms with van der Waals surface area (Å²) >= 11 is 0. The van der Waals surface area contributed by atoms with Gasteiger partial charge in [-0.25, -0.2) is 0 Å². The van der Waals surface area contributed by atoms with Crippen LogP contribution in [0.3, 0.4) is 0 Å². The van der Waals surface area contributed by atoms with Gasteiger partial charge in [0.1, 0.15) is 0 Å². The lowest BCUT2D eigenvalue weighted by molar-refractivity contribution is 1.22. The number of allylic oxidation sites excluding steroid dienone is 3. The van der Waals surface area contributed by atoms with Crippen LogP contribution in [0.25, 0.3) is 0 Å². The van der Waals surface area contributed by atoms with Crippen molar-refractivity contribution in [2.24, 2.45) is 0 Å². The van der Waals surface area contributed by atoms with Crippen molar-refractivity contribution in [1.29, 1.82) is 0 Å². The van der Waals surface area contributed by atoms with Gasteiger partial charge in [-0.1, -0.05) is 45.6 Å². The molecule has 0 N–H and O–H groups in total. The van der Waals surface area contributed by atoms with E-state index in [1.54, 1.807) is 0 Å². The normalized spacial score (nSPS) is 7.60. The molecule has 0 aliphatic heterocycles. The molecule has 0 heteroatoms. The summed E-state index contributed by atoms with van der Waals surface area (Å²) in [6.07, 6.45) is 5.16. The molecule has 0 spiro atoms. The average molecular weight is 142 g/mol. The molecule has 0 aliphatic rings. The molecule has 0 rings (SSSR count). The molecule has 0 nitrogen and oxygen atoms in total. The van der Waals surface area contributed by atoms with Crippen molar-refractivity contribution in [3.8, 4) is 0 Å². The van der Waals surface area contributed by atoms with E-state index in [-0.39, 0.29) is 7.43 Å². The van der Waals surface area contributed by atoms with Gasteiger partial charge in [0.05, 0.1) is 0 Å². The third-order valence-electron chi connectivity index (χ3n) is 0.702. The van der Waals surface area contributed by atoms with Gasteiger partial charge in [-0.15, -0.1) is 0 Å². The van der Waals surface area contributed by atoms with E-state index < -0.39 is 0 Å². The maximum atomic E-state index is 3.74. The van der Waals surface area contributed by atoms with E-state index in [1.165, 1.54) is 5.57 Å². The number of hydrogen-bond donors (Lipinski definition) is 0. The predicted octanol–water partition coefficient (Wildman–Crippen LogP) is 4.19. The Balaban J connectivity index is -0.000000149. The highest BCUT2D eigenvalue weighted by atomic mass is 13.8. The Bertz CT molecular complexity index is 78.0. The van der Waals surface area contributed by atoms with Crippen LogP contribution in [0.4, 0.5) is 0 Å². The Morgan fingerprint density at radius 1 is 1.40 bits per heavy atom. The standard InChI is InChI=1S/C7H12.C2H6.CH4/c1-4-5-6-7(2)3;1-2;/h4-5H,2,6H2,1,3H3;1-2H3;1H4/b5-4-;;. The first-order chi connectivity index (χ1) is 4.27. The van der Waals surface area contributed by atoms with Gasteiger partial charge in [0.2, 0.25) is 0 Å². The van der Waals surface area contributed by atoms with Crippen LogP contribution in [-0.4, -0.2) is 0 Å². The minimum Gasteiger partial charge on any atom is -0.0998 e. The Hall–Kier alpha value is -0.520. The maximum Gasteiger partial charge on any atom is -0.0144 e. The fraction of sp³-hybridized carbons (Fsp3) is 0.600. The Labute approximate surface area is 66.7 Å². The number of hydrogen-bond acceptors (Lipinski definition) is 0. The zero-order valence-electron chi connectivity index (χ0n) is 7.07. The van der Waals surface area contributed by atoms with E-state index in [1.807, 2.05) is 33.8 Å². The van der Waals surface area contributed by atoms with E-state index in [2.05, 4.69) is 12.7 Å². The molecule has 0 aromatic heterocycles. The third kappa shape index (κ3) is 25.9. The van der Waals surface area contributed by atoms with Crippen LogP contribution in [0.15, 0.2) is 24.3 Å². The molecule has 10 heavy (non-hydrogen) atoms. The molecule has 0 radical (unpaired) electrons. The van der Waals surface area contributed by atoms with Crippen LogP contribution in [0.5, 0.6) is 0 Å². The van der Waals surface area contributed by atoms with Gasteiger partial charge < -0.3 is 0 Å². The summed E-state index contributed by atoms with van der Waals surface area (Å²) in [5, 5.41) is 0. The average Bonchev–Trinajstić information content (AvgIpc) is 1.88.